The molecule has 116 valence electrons. The summed E-state index contributed by atoms with van der Waals surface area (Å²) in [6.07, 6.45) is 5.22. The maximum Gasteiger partial charge on any atom is 0.330 e. The van der Waals surface area contributed by atoms with Gasteiger partial charge in [-0.1, -0.05) is 18.7 Å². The lowest BCUT2D eigenvalue weighted by molar-refractivity contribution is -0.145. The Morgan fingerprint density at radius 1 is 1.32 bits per heavy atom. The average Bonchev–Trinajstić information content (AvgIpc) is 2.53. The van der Waals surface area contributed by atoms with Crippen molar-refractivity contribution in [2.24, 2.45) is 0 Å². The van der Waals surface area contributed by atoms with Gasteiger partial charge in [-0.15, -0.1) is 0 Å². The van der Waals surface area contributed by atoms with E-state index in [1.54, 1.807) is 23.1 Å². The van der Waals surface area contributed by atoms with Crippen molar-refractivity contribution in [3.63, 3.8) is 0 Å². The van der Waals surface area contributed by atoms with Gasteiger partial charge in [0.25, 0.3) is 0 Å². The summed E-state index contributed by atoms with van der Waals surface area (Å²) in [5.41, 5.74) is 0.642. The molecule has 0 saturated carbocycles. The van der Waals surface area contributed by atoms with Gasteiger partial charge < -0.3 is 9.64 Å². The third kappa shape index (κ3) is 4.55. The number of rotatable bonds is 4. The molecule has 0 bridgehead atoms. The summed E-state index contributed by atoms with van der Waals surface area (Å²) in [6, 6.07) is 6.05. The molecule has 0 radical (unpaired) electrons. The predicted molar refractivity (Wildman–Crippen MR) is 81.3 cm³/mol. The second-order valence-electron chi connectivity index (χ2n) is 5.05. The highest BCUT2D eigenvalue weighted by Gasteiger charge is 2.23. The number of halogens is 1. The van der Waals surface area contributed by atoms with E-state index in [9.17, 15) is 14.0 Å². The minimum atomic E-state index is -0.434. The predicted octanol–water partition coefficient (Wildman–Crippen LogP) is 2.56. The van der Waals surface area contributed by atoms with E-state index >= 15 is 0 Å². The van der Waals surface area contributed by atoms with Gasteiger partial charge in [0.15, 0.2) is 0 Å². The minimum Gasteiger partial charge on any atom is -0.459 e. The molecule has 4 nitrogen and oxygen atoms in total. The number of amides is 1. The summed E-state index contributed by atoms with van der Waals surface area (Å²) in [4.78, 5) is 24.9. The van der Waals surface area contributed by atoms with Gasteiger partial charge in [0, 0.05) is 38.1 Å². The van der Waals surface area contributed by atoms with Gasteiger partial charge in [-0.3, -0.25) is 4.79 Å². The van der Waals surface area contributed by atoms with E-state index in [1.165, 1.54) is 18.2 Å². The lowest BCUT2D eigenvalue weighted by atomic mass is 10.1. The van der Waals surface area contributed by atoms with E-state index in [0.717, 1.165) is 6.08 Å². The van der Waals surface area contributed by atoms with Gasteiger partial charge in [0.05, 0.1) is 0 Å². The van der Waals surface area contributed by atoms with Crippen LogP contribution in [0.25, 0.3) is 6.08 Å². The van der Waals surface area contributed by atoms with Crippen molar-refractivity contribution in [1.29, 1.82) is 0 Å². The van der Waals surface area contributed by atoms with Crippen LogP contribution in [0.15, 0.2) is 43.0 Å². The maximum absolute atomic E-state index is 13.0. The fourth-order valence-electron chi connectivity index (χ4n) is 2.29. The van der Waals surface area contributed by atoms with Gasteiger partial charge in [0.2, 0.25) is 5.91 Å². The van der Waals surface area contributed by atoms with Crippen molar-refractivity contribution in [3.8, 4) is 0 Å². The highest BCUT2D eigenvalue weighted by molar-refractivity contribution is 5.91. The van der Waals surface area contributed by atoms with Gasteiger partial charge in [-0.05, 0) is 23.8 Å². The third-order valence-corrected chi connectivity index (χ3v) is 3.47. The van der Waals surface area contributed by atoms with Crippen LogP contribution in [-0.4, -0.2) is 36.0 Å². The molecule has 1 heterocycles. The van der Waals surface area contributed by atoms with E-state index in [-0.39, 0.29) is 17.8 Å². The van der Waals surface area contributed by atoms with Crippen LogP contribution >= 0.6 is 0 Å². The van der Waals surface area contributed by atoms with E-state index in [0.29, 0.717) is 31.5 Å². The zero-order valence-corrected chi connectivity index (χ0v) is 12.2. The first kappa shape index (κ1) is 15.9. The summed E-state index contributed by atoms with van der Waals surface area (Å²) in [5.74, 6) is -0.895. The lowest BCUT2D eigenvalue weighted by Gasteiger charge is -2.30. The monoisotopic (exact) mass is 303 g/mol. The summed E-state index contributed by atoms with van der Waals surface area (Å²) in [7, 11) is 0. The van der Waals surface area contributed by atoms with Gasteiger partial charge in [-0.2, -0.15) is 0 Å². The fourth-order valence-corrected chi connectivity index (χ4v) is 2.29. The maximum atomic E-state index is 13.0. The SMILES string of the molecule is C=CC(=O)OC1CCN(C(=O)/C=C/c2cccc(F)c2)CC1. The molecule has 0 unspecified atom stereocenters. The fraction of sp³-hybridized carbons (Fsp3) is 0.294. The van der Waals surface area contributed by atoms with Crippen molar-refractivity contribution in [2.45, 2.75) is 18.9 Å². The number of esters is 1. The Morgan fingerprint density at radius 2 is 2.05 bits per heavy atom. The van der Waals surface area contributed by atoms with Crippen LogP contribution in [0.2, 0.25) is 0 Å². The van der Waals surface area contributed by atoms with Crippen LogP contribution in [0.1, 0.15) is 18.4 Å². The largest absolute Gasteiger partial charge is 0.459 e. The summed E-state index contributed by atoms with van der Waals surface area (Å²) in [6.45, 7) is 4.41. The number of piperidine rings is 1. The molecule has 0 atom stereocenters. The number of likely N-dealkylation sites (tertiary alicyclic amines) is 1. The molecule has 1 fully saturated rings. The number of hydrogen-bond donors (Lipinski definition) is 0. The van der Waals surface area contributed by atoms with Crippen molar-refractivity contribution >= 4 is 18.0 Å². The van der Waals surface area contributed by atoms with Crippen LogP contribution in [0.5, 0.6) is 0 Å². The van der Waals surface area contributed by atoms with Crippen molar-refractivity contribution < 1.29 is 18.7 Å². The Hall–Kier alpha value is -2.43. The van der Waals surface area contributed by atoms with E-state index in [1.807, 2.05) is 0 Å². The van der Waals surface area contributed by atoms with Gasteiger partial charge in [-0.25, -0.2) is 9.18 Å². The number of benzene rings is 1. The summed E-state index contributed by atoms with van der Waals surface area (Å²) < 4.78 is 18.2. The first-order valence-electron chi connectivity index (χ1n) is 7.14. The Morgan fingerprint density at radius 3 is 2.68 bits per heavy atom. The number of carbonyl (C=O) groups excluding carboxylic acids is 2. The number of ether oxygens (including phenoxy) is 1. The molecule has 1 aliphatic rings. The molecular formula is C17H18FNO3. The minimum absolute atomic E-state index is 0.127. The zero-order chi connectivity index (χ0) is 15.9. The lowest BCUT2D eigenvalue weighted by Crippen LogP contribution is -2.40. The number of nitrogens with zero attached hydrogens (tertiary/aromatic N) is 1. The Kier molecular flexibility index (Phi) is 5.47. The van der Waals surface area contributed by atoms with Crippen LogP contribution in [0.3, 0.4) is 0 Å². The van der Waals surface area contributed by atoms with E-state index in [2.05, 4.69) is 6.58 Å². The van der Waals surface area contributed by atoms with Crippen LogP contribution in [0.4, 0.5) is 4.39 Å². The Balaban J connectivity index is 1.84. The van der Waals surface area contributed by atoms with Crippen molar-refractivity contribution in [1.82, 2.24) is 4.90 Å². The van der Waals surface area contributed by atoms with Crippen LogP contribution in [-0.2, 0) is 14.3 Å². The van der Waals surface area contributed by atoms with Crippen LogP contribution in [0, 0.1) is 5.82 Å². The van der Waals surface area contributed by atoms with Gasteiger partial charge in [0.1, 0.15) is 11.9 Å². The molecule has 5 heteroatoms. The van der Waals surface area contributed by atoms with Gasteiger partial charge >= 0.3 is 5.97 Å². The molecule has 1 aliphatic heterocycles. The summed E-state index contributed by atoms with van der Waals surface area (Å²) >= 11 is 0. The first-order valence-corrected chi connectivity index (χ1v) is 7.14. The molecule has 1 saturated heterocycles. The molecule has 0 spiro atoms. The third-order valence-electron chi connectivity index (χ3n) is 3.47. The number of carbonyl (C=O) groups is 2. The zero-order valence-electron chi connectivity index (χ0n) is 12.2. The molecule has 1 aromatic carbocycles. The second kappa shape index (κ2) is 7.54. The molecule has 0 aromatic heterocycles. The molecule has 0 aliphatic carbocycles. The van der Waals surface area contributed by atoms with E-state index < -0.39 is 5.97 Å². The highest BCUT2D eigenvalue weighted by atomic mass is 19.1. The smallest absolute Gasteiger partial charge is 0.330 e. The second-order valence-corrected chi connectivity index (χ2v) is 5.05. The molecule has 1 aromatic rings. The molecule has 22 heavy (non-hydrogen) atoms. The van der Waals surface area contributed by atoms with E-state index in [4.69, 9.17) is 4.74 Å². The normalized spacial score (nSPS) is 15.8. The molecule has 1 amide bonds. The standard InChI is InChI=1S/C17H18FNO3/c1-2-17(21)22-15-8-10-19(11-9-15)16(20)7-6-13-4-3-5-14(18)12-13/h2-7,12,15H,1,8-11H2/b7-6+. The Bertz CT molecular complexity index is 589. The number of hydrogen-bond acceptors (Lipinski definition) is 3. The molecule has 2 rings (SSSR count). The average molecular weight is 303 g/mol. The topological polar surface area (TPSA) is 46.6 Å². The first-order chi connectivity index (χ1) is 10.6. The van der Waals surface area contributed by atoms with Crippen molar-refractivity contribution in [2.75, 3.05) is 13.1 Å². The summed E-state index contributed by atoms with van der Waals surface area (Å²) in [5, 5.41) is 0. The molecular weight excluding hydrogens is 285 g/mol. The highest BCUT2D eigenvalue weighted by Crippen LogP contribution is 2.15. The molecule has 0 N–H and O–H groups in total. The van der Waals surface area contributed by atoms with Crippen LogP contribution < -0.4 is 0 Å². The van der Waals surface area contributed by atoms with Crippen molar-refractivity contribution in [3.05, 3.63) is 54.4 Å². The quantitative estimate of drug-likeness (QED) is 0.634. The Labute approximate surface area is 128 Å².